The Bertz CT molecular complexity index is 566. The van der Waals surface area contributed by atoms with E-state index in [4.69, 9.17) is 9.47 Å². The summed E-state index contributed by atoms with van der Waals surface area (Å²) in [5, 5.41) is 12.5. The van der Waals surface area contributed by atoms with Gasteiger partial charge in [-0.1, -0.05) is 26.2 Å². The summed E-state index contributed by atoms with van der Waals surface area (Å²) in [7, 11) is 0. The third-order valence-electron chi connectivity index (χ3n) is 4.48. The summed E-state index contributed by atoms with van der Waals surface area (Å²) in [6.07, 6.45) is 5.70. The zero-order valence-corrected chi connectivity index (χ0v) is 15.4. The molecular formula is C20H29NO5. The van der Waals surface area contributed by atoms with Crippen LogP contribution in [-0.2, 0) is 9.53 Å². The van der Waals surface area contributed by atoms with Crippen LogP contribution in [0.15, 0.2) is 24.3 Å². The zero-order valence-electron chi connectivity index (χ0n) is 15.4. The van der Waals surface area contributed by atoms with Crippen molar-refractivity contribution >= 4 is 11.7 Å². The van der Waals surface area contributed by atoms with E-state index in [-0.39, 0.29) is 37.6 Å². The maximum absolute atomic E-state index is 11.8. The summed E-state index contributed by atoms with van der Waals surface area (Å²) in [6, 6.07) is 6.71. The van der Waals surface area contributed by atoms with Crippen molar-refractivity contribution in [1.82, 2.24) is 5.32 Å². The van der Waals surface area contributed by atoms with Crippen molar-refractivity contribution in [3.8, 4) is 5.75 Å². The Hall–Kier alpha value is -1.92. The Morgan fingerprint density at radius 3 is 2.54 bits per heavy atom. The van der Waals surface area contributed by atoms with Gasteiger partial charge >= 0.3 is 0 Å². The van der Waals surface area contributed by atoms with Gasteiger partial charge in [-0.2, -0.15) is 0 Å². The third kappa shape index (κ3) is 7.14. The van der Waals surface area contributed by atoms with Gasteiger partial charge in [-0.25, -0.2) is 0 Å². The molecule has 1 amide bonds. The largest absolute Gasteiger partial charge is 0.484 e. The van der Waals surface area contributed by atoms with E-state index in [2.05, 4.69) is 5.32 Å². The number of carbonyl (C=O) groups is 2. The first-order chi connectivity index (χ1) is 12.6. The number of hydrogen-bond acceptors (Lipinski definition) is 5. The fourth-order valence-corrected chi connectivity index (χ4v) is 2.91. The van der Waals surface area contributed by atoms with Crippen LogP contribution >= 0.6 is 0 Å². The molecule has 0 bridgehead atoms. The molecule has 2 N–H and O–H groups in total. The lowest BCUT2D eigenvalue weighted by Crippen LogP contribution is -2.38. The van der Waals surface area contributed by atoms with Gasteiger partial charge in [0.25, 0.3) is 5.91 Å². The number of aliphatic hydroxyl groups is 1. The van der Waals surface area contributed by atoms with Gasteiger partial charge in [0, 0.05) is 18.5 Å². The van der Waals surface area contributed by atoms with Crippen molar-refractivity contribution in [3.05, 3.63) is 29.8 Å². The first kappa shape index (κ1) is 20.4. The molecule has 1 aromatic rings. The van der Waals surface area contributed by atoms with Crippen LogP contribution in [0.2, 0.25) is 0 Å². The molecule has 0 radical (unpaired) electrons. The van der Waals surface area contributed by atoms with Gasteiger partial charge in [0.2, 0.25) is 0 Å². The molecule has 1 aliphatic carbocycles. The molecule has 6 heteroatoms. The highest BCUT2D eigenvalue weighted by atomic mass is 16.5. The maximum Gasteiger partial charge on any atom is 0.258 e. The molecule has 0 spiro atoms. The average molecular weight is 363 g/mol. The zero-order chi connectivity index (χ0) is 18.8. The molecule has 1 aromatic carbocycles. The number of benzene rings is 1. The highest BCUT2D eigenvalue weighted by Crippen LogP contribution is 2.20. The minimum absolute atomic E-state index is 0.0683. The highest BCUT2D eigenvalue weighted by Gasteiger charge is 2.16. The van der Waals surface area contributed by atoms with Crippen molar-refractivity contribution in [3.63, 3.8) is 0 Å². The smallest absolute Gasteiger partial charge is 0.258 e. The van der Waals surface area contributed by atoms with Gasteiger partial charge in [-0.3, -0.25) is 9.59 Å². The predicted octanol–water partition coefficient (Wildman–Crippen LogP) is 2.48. The van der Waals surface area contributed by atoms with Gasteiger partial charge < -0.3 is 19.9 Å². The van der Waals surface area contributed by atoms with E-state index in [1.807, 2.05) is 6.92 Å². The second-order valence-electron chi connectivity index (χ2n) is 6.64. The van der Waals surface area contributed by atoms with Crippen LogP contribution in [0.1, 0.15) is 55.8 Å². The van der Waals surface area contributed by atoms with E-state index in [1.165, 1.54) is 19.3 Å². The van der Waals surface area contributed by atoms with Crippen molar-refractivity contribution in [2.75, 3.05) is 19.8 Å². The van der Waals surface area contributed by atoms with Gasteiger partial charge in [-0.05, 0) is 37.1 Å². The summed E-state index contributed by atoms with van der Waals surface area (Å²) in [6.45, 7) is 2.04. The van der Waals surface area contributed by atoms with Gasteiger partial charge in [0.05, 0.1) is 18.8 Å². The lowest BCUT2D eigenvalue weighted by atomic mass is 9.98. The topological polar surface area (TPSA) is 84.9 Å². The third-order valence-corrected chi connectivity index (χ3v) is 4.48. The Morgan fingerprint density at radius 1 is 1.19 bits per heavy atom. The Morgan fingerprint density at radius 2 is 1.88 bits per heavy atom. The van der Waals surface area contributed by atoms with Gasteiger partial charge in [-0.15, -0.1) is 0 Å². The lowest BCUT2D eigenvalue weighted by Gasteiger charge is -2.23. The Labute approximate surface area is 154 Å². The van der Waals surface area contributed by atoms with Crippen LogP contribution in [0.3, 0.4) is 0 Å². The molecule has 0 aliphatic heterocycles. The van der Waals surface area contributed by atoms with E-state index in [1.54, 1.807) is 24.3 Å². The summed E-state index contributed by atoms with van der Waals surface area (Å²) in [5.41, 5.74) is 0.630. The highest BCUT2D eigenvalue weighted by molar-refractivity contribution is 5.95. The number of nitrogens with one attached hydrogen (secondary N) is 1. The van der Waals surface area contributed by atoms with Crippen molar-refractivity contribution in [2.45, 2.75) is 57.7 Å². The van der Waals surface area contributed by atoms with Crippen LogP contribution in [0.4, 0.5) is 0 Å². The Kier molecular flexibility index (Phi) is 8.58. The van der Waals surface area contributed by atoms with Crippen molar-refractivity contribution in [2.24, 2.45) is 0 Å². The summed E-state index contributed by atoms with van der Waals surface area (Å²) >= 11 is 0. The standard InChI is InChI=1S/C20H29NO5/c1-2-19(23)15-8-10-18(11-9-15)26-14-20(24)21-12-16(22)13-25-17-6-4-3-5-7-17/h8-11,16-17,22H,2-7,12-14H2,1H3,(H,21,24)/t16-/m0/s1. The molecule has 1 fully saturated rings. The second kappa shape index (κ2) is 10.9. The number of hydrogen-bond donors (Lipinski definition) is 2. The molecule has 0 heterocycles. The molecule has 1 aliphatic rings. The number of Topliss-reactive ketones (excluding diaryl/α,β-unsaturated/α-hetero) is 1. The first-order valence-electron chi connectivity index (χ1n) is 9.41. The minimum Gasteiger partial charge on any atom is -0.484 e. The SMILES string of the molecule is CCC(=O)c1ccc(OCC(=O)NC[C@H](O)COC2CCCCC2)cc1. The van der Waals surface area contributed by atoms with Crippen LogP contribution < -0.4 is 10.1 Å². The predicted molar refractivity (Wildman–Crippen MR) is 98.4 cm³/mol. The fourth-order valence-electron chi connectivity index (χ4n) is 2.91. The summed E-state index contributed by atoms with van der Waals surface area (Å²) in [4.78, 5) is 23.4. The molecule has 0 saturated heterocycles. The monoisotopic (exact) mass is 363 g/mol. The van der Waals surface area contributed by atoms with E-state index in [9.17, 15) is 14.7 Å². The molecule has 144 valence electrons. The second-order valence-corrected chi connectivity index (χ2v) is 6.64. The molecule has 26 heavy (non-hydrogen) atoms. The van der Waals surface area contributed by atoms with Gasteiger partial charge in [0.15, 0.2) is 12.4 Å². The van der Waals surface area contributed by atoms with E-state index >= 15 is 0 Å². The van der Waals surface area contributed by atoms with Crippen LogP contribution in [0.5, 0.6) is 5.75 Å². The molecule has 0 aromatic heterocycles. The quantitative estimate of drug-likeness (QED) is 0.624. The summed E-state index contributed by atoms with van der Waals surface area (Å²) in [5.74, 6) is 0.281. The number of ether oxygens (including phenoxy) is 2. The minimum atomic E-state index is -0.722. The summed E-state index contributed by atoms with van der Waals surface area (Å²) < 4.78 is 11.1. The normalized spacial score (nSPS) is 16.1. The molecule has 1 saturated carbocycles. The van der Waals surface area contributed by atoms with E-state index in [0.29, 0.717) is 17.7 Å². The van der Waals surface area contributed by atoms with E-state index in [0.717, 1.165) is 12.8 Å². The van der Waals surface area contributed by atoms with E-state index < -0.39 is 6.10 Å². The number of amides is 1. The number of rotatable bonds is 10. The van der Waals surface area contributed by atoms with Crippen LogP contribution in [0, 0.1) is 0 Å². The maximum atomic E-state index is 11.8. The number of carbonyl (C=O) groups excluding carboxylic acids is 2. The molecule has 0 unspecified atom stereocenters. The van der Waals surface area contributed by atoms with Crippen molar-refractivity contribution < 1.29 is 24.2 Å². The number of ketones is 1. The Balaban J connectivity index is 1.61. The molecule has 2 rings (SSSR count). The first-order valence-corrected chi connectivity index (χ1v) is 9.41. The molecule has 1 atom stereocenters. The molecular weight excluding hydrogens is 334 g/mol. The van der Waals surface area contributed by atoms with Crippen LogP contribution in [-0.4, -0.2) is 48.8 Å². The fraction of sp³-hybridized carbons (Fsp3) is 0.600. The van der Waals surface area contributed by atoms with Gasteiger partial charge in [0.1, 0.15) is 5.75 Å². The van der Waals surface area contributed by atoms with Crippen LogP contribution in [0.25, 0.3) is 0 Å². The van der Waals surface area contributed by atoms with Crippen molar-refractivity contribution in [1.29, 1.82) is 0 Å². The number of aliphatic hydroxyl groups excluding tert-OH is 1. The average Bonchev–Trinajstić information content (AvgIpc) is 2.69. The lowest BCUT2D eigenvalue weighted by molar-refractivity contribution is -0.123. The molecule has 6 nitrogen and oxygen atoms in total.